The Kier molecular flexibility index (Phi) is 26.6. The van der Waals surface area contributed by atoms with Gasteiger partial charge in [0.1, 0.15) is 42.3 Å². The van der Waals surface area contributed by atoms with E-state index < -0.39 is 120 Å². The Labute approximate surface area is 459 Å². The van der Waals surface area contributed by atoms with E-state index in [9.17, 15) is 53.7 Å². The second-order valence-electron chi connectivity index (χ2n) is 18.6. The van der Waals surface area contributed by atoms with E-state index in [2.05, 4.69) is 47.5 Å². The number of para-hydroxylation sites is 1. The summed E-state index contributed by atoms with van der Waals surface area (Å²) in [7, 11) is 2.00. The van der Waals surface area contributed by atoms with Gasteiger partial charge in [0.25, 0.3) is 5.97 Å². The van der Waals surface area contributed by atoms with Gasteiger partial charge in [-0.05, 0) is 62.4 Å². The molecule has 0 aliphatic carbocycles. The molecule has 78 heavy (non-hydrogen) atoms. The van der Waals surface area contributed by atoms with Gasteiger partial charge in [-0.2, -0.15) is 0 Å². The highest BCUT2D eigenvalue weighted by Gasteiger charge is 2.37. The highest BCUT2D eigenvalue weighted by molar-refractivity contribution is 8.76. The molecular formula is C53H72N10O13S2. The number of carboxylic acid groups (broad SMARTS) is 1. The Morgan fingerprint density at radius 1 is 0.692 bits per heavy atom. The van der Waals surface area contributed by atoms with Gasteiger partial charge in [0, 0.05) is 61.7 Å². The van der Waals surface area contributed by atoms with Gasteiger partial charge in [-0.15, -0.1) is 0 Å². The van der Waals surface area contributed by atoms with Crippen LogP contribution in [0.15, 0.2) is 91.1 Å². The van der Waals surface area contributed by atoms with Crippen LogP contribution in [0.3, 0.4) is 0 Å². The van der Waals surface area contributed by atoms with E-state index in [1.807, 2.05) is 24.3 Å². The number of fused-ring (bicyclic) bond motifs is 1. The van der Waals surface area contributed by atoms with Gasteiger partial charge < -0.3 is 73.7 Å². The first-order valence-electron chi connectivity index (χ1n) is 25.3. The number of aromatic nitrogens is 1. The lowest BCUT2D eigenvalue weighted by Crippen LogP contribution is -2.62. The molecule has 0 saturated carbocycles. The molecule has 0 unspecified atom stereocenters. The van der Waals surface area contributed by atoms with Crippen molar-refractivity contribution in [1.82, 2.24) is 47.5 Å². The Morgan fingerprint density at radius 3 is 1.86 bits per heavy atom. The zero-order valence-electron chi connectivity index (χ0n) is 43.9. The van der Waals surface area contributed by atoms with Crippen molar-refractivity contribution in [2.75, 3.05) is 24.7 Å². The molecule has 15 N–H and O–H groups in total. The second kappa shape index (κ2) is 32.6. The fraction of sp³-hybridized carbons (Fsp3) is 0.453. The highest BCUT2D eigenvalue weighted by atomic mass is 33.1. The molecule has 1 aromatic heterocycles. The number of aliphatic carboxylic acids is 1. The Bertz CT molecular complexity index is 2620. The van der Waals surface area contributed by atoms with Crippen LogP contribution in [0, 0.1) is 0 Å². The SMILES string of the molecule is CC(=O)N[C@H](Cc1ccccc1)C(=O)N[C@H]1CSSC[C@@H](C(=O)N[C@H](CO)[C@@H](C)O)NC(=O)[C@H]([C@@H](C)O)NC(=O)[C@H](CCCCN)NC(=O)[C@@H](Cc2c[nH]c3ccccc23)NC(=O)[C@H](Cc2ccccc2)NC1=O.CC(=O)O. The lowest BCUT2D eigenvalue weighted by atomic mass is 10.0. The summed E-state index contributed by atoms with van der Waals surface area (Å²) < 4.78 is 0. The number of benzene rings is 3. The monoisotopic (exact) mass is 1120 g/mol. The summed E-state index contributed by atoms with van der Waals surface area (Å²) in [6.07, 6.45) is -0.381. The van der Waals surface area contributed by atoms with Gasteiger partial charge in [-0.25, -0.2) is 0 Å². The third-order valence-electron chi connectivity index (χ3n) is 12.2. The zero-order valence-corrected chi connectivity index (χ0v) is 45.5. The number of hydrogen-bond donors (Lipinski definition) is 14. The molecule has 8 amide bonds. The van der Waals surface area contributed by atoms with Crippen molar-refractivity contribution in [3.63, 3.8) is 0 Å². The third kappa shape index (κ3) is 21.1. The van der Waals surface area contributed by atoms with Crippen LogP contribution in [0.2, 0.25) is 0 Å². The largest absolute Gasteiger partial charge is 0.481 e. The summed E-state index contributed by atoms with van der Waals surface area (Å²) in [5.74, 6) is -7.65. The van der Waals surface area contributed by atoms with Crippen LogP contribution >= 0.6 is 21.6 Å². The quantitative estimate of drug-likeness (QED) is 0.0440. The lowest BCUT2D eigenvalue weighted by molar-refractivity contribution is -0.136. The van der Waals surface area contributed by atoms with Crippen LogP contribution in [0.25, 0.3) is 10.9 Å². The normalized spacial score (nSPS) is 21.5. The molecule has 1 saturated heterocycles. The molecular weight excluding hydrogens is 1050 g/mol. The maximum absolute atomic E-state index is 14.8. The fourth-order valence-electron chi connectivity index (χ4n) is 8.06. The number of aliphatic hydroxyl groups excluding tert-OH is 3. The van der Waals surface area contributed by atoms with Crippen molar-refractivity contribution in [2.45, 2.75) is 127 Å². The molecule has 424 valence electrons. The average molecular weight is 1120 g/mol. The molecule has 1 fully saturated rings. The number of hydrogen-bond acceptors (Lipinski definition) is 15. The minimum atomic E-state index is -1.68. The third-order valence-corrected chi connectivity index (χ3v) is 14.6. The Balaban J connectivity index is 0.00000317. The van der Waals surface area contributed by atoms with E-state index in [-0.39, 0.29) is 43.7 Å². The zero-order chi connectivity index (χ0) is 57.3. The lowest BCUT2D eigenvalue weighted by Gasteiger charge is -2.29. The Hall–Kier alpha value is -7.03. The minimum Gasteiger partial charge on any atom is -0.481 e. The number of aliphatic hydroxyl groups is 3. The molecule has 23 nitrogen and oxygen atoms in total. The predicted molar refractivity (Wildman–Crippen MR) is 295 cm³/mol. The molecule has 2 heterocycles. The first-order valence-corrected chi connectivity index (χ1v) is 27.8. The first kappa shape index (κ1) is 63.5. The summed E-state index contributed by atoms with van der Waals surface area (Å²) in [4.78, 5) is 125. The van der Waals surface area contributed by atoms with Crippen molar-refractivity contribution in [2.24, 2.45) is 5.73 Å². The number of amides is 8. The van der Waals surface area contributed by atoms with Crippen molar-refractivity contribution in [3.8, 4) is 0 Å². The molecule has 1 aliphatic heterocycles. The molecule has 10 atom stereocenters. The van der Waals surface area contributed by atoms with Gasteiger partial charge >= 0.3 is 0 Å². The Morgan fingerprint density at radius 2 is 1.26 bits per heavy atom. The number of carbonyl (C=O) groups excluding carboxylic acids is 8. The number of H-pyrrole nitrogens is 1. The van der Waals surface area contributed by atoms with Crippen LogP contribution in [0.1, 0.15) is 63.6 Å². The summed E-state index contributed by atoms with van der Waals surface area (Å²) in [6, 6.07) is 14.1. The predicted octanol–water partition coefficient (Wildman–Crippen LogP) is -0.537. The van der Waals surface area contributed by atoms with E-state index in [1.165, 1.54) is 20.8 Å². The summed E-state index contributed by atoms with van der Waals surface area (Å²) in [6.45, 7) is 4.51. The minimum absolute atomic E-state index is 0.0192. The number of aromatic amines is 1. The van der Waals surface area contributed by atoms with Crippen LogP contribution in [-0.4, -0.2) is 164 Å². The number of nitrogens with one attached hydrogen (secondary N) is 9. The molecule has 0 spiro atoms. The van der Waals surface area contributed by atoms with Crippen molar-refractivity contribution >= 4 is 85.7 Å². The molecule has 5 rings (SSSR count). The number of unbranched alkanes of at least 4 members (excludes halogenated alkanes) is 1. The van der Waals surface area contributed by atoms with Gasteiger partial charge in [0.15, 0.2) is 0 Å². The van der Waals surface area contributed by atoms with E-state index in [1.54, 1.807) is 66.9 Å². The number of nitrogens with two attached hydrogens (primary N) is 1. The number of carboxylic acids is 1. The van der Waals surface area contributed by atoms with Crippen LogP contribution < -0.4 is 48.3 Å². The summed E-state index contributed by atoms with van der Waals surface area (Å²) in [5.41, 5.74) is 8.52. The van der Waals surface area contributed by atoms with Gasteiger partial charge in [0.2, 0.25) is 47.3 Å². The van der Waals surface area contributed by atoms with Crippen molar-refractivity contribution < 1.29 is 63.6 Å². The first-order chi connectivity index (χ1) is 37.2. The molecule has 25 heteroatoms. The summed E-state index contributed by atoms with van der Waals surface area (Å²) in [5, 5.41) is 60.6. The van der Waals surface area contributed by atoms with Crippen molar-refractivity contribution in [1.29, 1.82) is 0 Å². The smallest absolute Gasteiger partial charge is 0.300 e. The second-order valence-corrected chi connectivity index (χ2v) is 21.2. The van der Waals surface area contributed by atoms with Crippen molar-refractivity contribution in [3.05, 3.63) is 108 Å². The maximum atomic E-state index is 14.8. The van der Waals surface area contributed by atoms with Gasteiger partial charge in [-0.3, -0.25) is 43.2 Å². The molecule has 0 bridgehead atoms. The number of rotatable bonds is 18. The van der Waals surface area contributed by atoms with E-state index in [0.29, 0.717) is 29.5 Å². The van der Waals surface area contributed by atoms with E-state index >= 15 is 0 Å². The van der Waals surface area contributed by atoms with E-state index in [4.69, 9.17) is 15.6 Å². The maximum Gasteiger partial charge on any atom is 0.300 e. The fourth-order valence-corrected chi connectivity index (χ4v) is 10.4. The molecule has 4 aromatic rings. The highest BCUT2D eigenvalue weighted by Crippen LogP contribution is 2.24. The molecule has 3 aromatic carbocycles. The van der Waals surface area contributed by atoms with Crippen LogP contribution in [-0.2, 0) is 62.4 Å². The van der Waals surface area contributed by atoms with E-state index in [0.717, 1.165) is 39.4 Å². The molecule has 1 aliphatic rings. The summed E-state index contributed by atoms with van der Waals surface area (Å²) >= 11 is 0. The molecule has 0 radical (unpaired) electrons. The van der Waals surface area contributed by atoms with Gasteiger partial charge in [0.05, 0.1) is 24.9 Å². The van der Waals surface area contributed by atoms with Crippen LogP contribution in [0.4, 0.5) is 0 Å². The number of carbonyl (C=O) groups is 9. The average Bonchev–Trinajstić information content (AvgIpc) is 3.82. The van der Waals surface area contributed by atoms with Crippen LogP contribution in [0.5, 0.6) is 0 Å². The standard InChI is InChI=1S/C51H68N10O11S2.C2H4O2/c1-29(63)41(26-62)58-50(71)43-28-74-73-27-42(59-46(67)38(54-31(3)65)22-32-14-6-4-7-15-32)49(70)56-39(23-33-16-8-5-9-17-33)47(68)57-40(24-34-25-53-36-19-11-10-18-35(34)36)48(69)55-37(20-12-13-21-52)45(66)61-44(30(2)64)51(72)60-43;1-2(3)4/h4-11,14-19,25,29-30,37-44,53,62-64H,12-13,20-24,26-28,52H2,1-3H3,(H,54,65)(H,55,69)(H,56,70)(H,57,68)(H,58,71)(H,59,67)(H,60,72)(H,61,66);1H3,(H,3,4)/t29-,30-,37+,38-,39+,40-,41-,42+,43+,44+;/m1./s1. The van der Waals surface area contributed by atoms with Gasteiger partial charge in [-0.1, -0.05) is 100 Å². The topological polar surface area (TPSA) is 373 Å².